The van der Waals surface area contributed by atoms with Crippen molar-refractivity contribution in [2.24, 2.45) is 5.92 Å². The molecule has 0 aliphatic heterocycles. The van der Waals surface area contributed by atoms with Gasteiger partial charge in [0.2, 0.25) is 0 Å². The van der Waals surface area contributed by atoms with E-state index in [1.54, 1.807) is 0 Å². The van der Waals surface area contributed by atoms with Crippen molar-refractivity contribution in [3.05, 3.63) is 24.3 Å². The van der Waals surface area contributed by atoms with Crippen LogP contribution >= 0.6 is 0 Å². The molecule has 2 rings (SSSR count). The van der Waals surface area contributed by atoms with Gasteiger partial charge < -0.3 is 10.4 Å². The van der Waals surface area contributed by atoms with Gasteiger partial charge in [-0.3, -0.25) is 4.79 Å². The van der Waals surface area contributed by atoms with Crippen molar-refractivity contribution in [3.63, 3.8) is 0 Å². The van der Waals surface area contributed by atoms with Crippen molar-refractivity contribution in [3.8, 4) is 0 Å². The topological polar surface area (TPSA) is 92.2 Å². The number of nitrogens with one attached hydrogen (secondary N) is 1. The van der Waals surface area contributed by atoms with Gasteiger partial charge in [-0.2, -0.15) is 0 Å². The highest BCUT2D eigenvalue weighted by Crippen LogP contribution is 2.32. The van der Waals surface area contributed by atoms with E-state index in [-0.39, 0.29) is 5.56 Å². The number of hydrogen-bond acceptors (Lipinski definition) is 4. The fourth-order valence-electron chi connectivity index (χ4n) is 2.35. The molecule has 1 aliphatic carbocycles. The zero-order valence-electron chi connectivity index (χ0n) is 10.8. The minimum atomic E-state index is -1.15. The molecule has 0 atom stereocenters. The number of aromatic nitrogens is 2. The summed E-state index contributed by atoms with van der Waals surface area (Å²) >= 11 is 0. The highest BCUT2D eigenvalue weighted by atomic mass is 16.4. The van der Waals surface area contributed by atoms with Gasteiger partial charge in [-0.15, -0.1) is 0 Å². The van der Waals surface area contributed by atoms with Crippen LogP contribution in [0.15, 0.2) is 18.7 Å². The number of aliphatic carboxylic acids is 1. The molecule has 1 fully saturated rings. The minimum Gasteiger partial charge on any atom is -0.480 e. The molecular formula is C13H17N3O3. The molecule has 1 aliphatic rings. The summed E-state index contributed by atoms with van der Waals surface area (Å²) in [5.74, 6) is -0.897. The molecule has 0 aromatic carbocycles. The van der Waals surface area contributed by atoms with Gasteiger partial charge in [0.25, 0.3) is 5.91 Å². The Morgan fingerprint density at radius 3 is 2.42 bits per heavy atom. The number of carbonyl (C=O) groups is 2. The highest BCUT2D eigenvalue weighted by molar-refractivity contribution is 5.97. The molecule has 1 aromatic rings. The number of amides is 1. The maximum atomic E-state index is 12.0. The maximum Gasteiger partial charge on any atom is 0.329 e. The summed E-state index contributed by atoms with van der Waals surface area (Å²) in [5, 5.41) is 12.1. The first kappa shape index (κ1) is 13.5. The molecule has 0 radical (unpaired) electrons. The predicted molar refractivity (Wildman–Crippen MR) is 67.5 cm³/mol. The van der Waals surface area contributed by atoms with Crippen LogP contribution in [0.5, 0.6) is 0 Å². The second-order valence-corrected chi connectivity index (χ2v) is 5.15. The van der Waals surface area contributed by atoms with Gasteiger partial charge in [-0.1, -0.05) is 6.92 Å². The second-order valence-electron chi connectivity index (χ2n) is 5.15. The lowest BCUT2D eigenvalue weighted by atomic mass is 9.77. The van der Waals surface area contributed by atoms with E-state index in [2.05, 4.69) is 22.2 Å². The molecule has 1 aromatic heterocycles. The van der Waals surface area contributed by atoms with Crippen LogP contribution in [-0.4, -0.2) is 32.5 Å². The van der Waals surface area contributed by atoms with E-state index in [0.717, 1.165) is 12.8 Å². The molecule has 6 heteroatoms. The van der Waals surface area contributed by atoms with Crippen LogP contribution in [0.2, 0.25) is 0 Å². The third-order valence-electron chi connectivity index (χ3n) is 3.71. The summed E-state index contributed by atoms with van der Waals surface area (Å²) in [7, 11) is 0. The van der Waals surface area contributed by atoms with Gasteiger partial charge in [0, 0.05) is 12.4 Å². The van der Waals surface area contributed by atoms with E-state index in [1.807, 2.05) is 0 Å². The first-order chi connectivity index (χ1) is 9.03. The molecule has 19 heavy (non-hydrogen) atoms. The van der Waals surface area contributed by atoms with E-state index in [4.69, 9.17) is 0 Å². The van der Waals surface area contributed by atoms with E-state index in [9.17, 15) is 14.7 Å². The lowest BCUT2D eigenvalue weighted by Gasteiger charge is -2.36. The standard InChI is InChI=1S/C13H17N3O3/c1-9-2-4-13(5-3-9,12(18)19)16-11(17)10-6-14-8-15-7-10/h6-9H,2-5H2,1H3,(H,16,17)(H,18,19). The Balaban J connectivity index is 2.14. The van der Waals surface area contributed by atoms with Crippen molar-refractivity contribution in [1.29, 1.82) is 0 Å². The van der Waals surface area contributed by atoms with Crippen molar-refractivity contribution < 1.29 is 14.7 Å². The highest BCUT2D eigenvalue weighted by Gasteiger charge is 2.42. The first-order valence-corrected chi connectivity index (χ1v) is 6.34. The number of rotatable bonds is 3. The maximum absolute atomic E-state index is 12.0. The van der Waals surface area contributed by atoms with Crippen LogP contribution in [0, 0.1) is 5.92 Å². The molecule has 6 nitrogen and oxygen atoms in total. The summed E-state index contributed by atoms with van der Waals surface area (Å²) in [5.41, 5.74) is -0.874. The van der Waals surface area contributed by atoms with E-state index >= 15 is 0 Å². The fraction of sp³-hybridized carbons (Fsp3) is 0.538. The molecular weight excluding hydrogens is 246 g/mol. The summed E-state index contributed by atoms with van der Waals surface area (Å²) < 4.78 is 0. The first-order valence-electron chi connectivity index (χ1n) is 6.34. The quantitative estimate of drug-likeness (QED) is 0.856. The lowest BCUT2D eigenvalue weighted by Crippen LogP contribution is -2.56. The van der Waals surface area contributed by atoms with Gasteiger partial charge in [0.1, 0.15) is 11.9 Å². The monoisotopic (exact) mass is 263 g/mol. The van der Waals surface area contributed by atoms with Crippen LogP contribution in [0.3, 0.4) is 0 Å². The molecule has 0 bridgehead atoms. The van der Waals surface area contributed by atoms with Crippen molar-refractivity contribution >= 4 is 11.9 Å². The summed E-state index contributed by atoms with van der Waals surface area (Å²) in [6.45, 7) is 2.10. The van der Waals surface area contributed by atoms with Crippen LogP contribution in [-0.2, 0) is 4.79 Å². The minimum absolute atomic E-state index is 0.279. The third-order valence-corrected chi connectivity index (χ3v) is 3.71. The SMILES string of the molecule is CC1CCC(NC(=O)c2cncnc2)(C(=O)O)CC1. The van der Waals surface area contributed by atoms with Crippen molar-refractivity contribution in [1.82, 2.24) is 15.3 Å². The molecule has 0 spiro atoms. The normalized spacial score (nSPS) is 26.7. The average Bonchev–Trinajstić information content (AvgIpc) is 2.42. The van der Waals surface area contributed by atoms with Gasteiger partial charge >= 0.3 is 5.97 Å². The predicted octanol–water partition coefficient (Wildman–Crippen LogP) is 1.24. The van der Waals surface area contributed by atoms with Crippen LogP contribution in [0.4, 0.5) is 0 Å². The lowest BCUT2D eigenvalue weighted by molar-refractivity contribution is -0.146. The van der Waals surface area contributed by atoms with Gasteiger partial charge in [0.15, 0.2) is 0 Å². The number of nitrogens with zero attached hydrogens (tertiary/aromatic N) is 2. The summed E-state index contributed by atoms with van der Waals surface area (Å²) in [6.07, 6.45) is 6.61. The zero-order chi connectivity index (χ0) is 13.9. The number of carbonyl (C=O) groups excluding carboxylic acids is 1. The zero-order valence-corrected chi connectivity index (χ0v) is 10.8. The number of carboxylic acid groups (broad SMARTS) is 1. The Labute approximate surface area is 111 Å². The number of hydrogen-bond donors (Lipinski definition) is 2. The fourth-order valence-corrected chi connectivity index (χ4v) is 2.35. The van der Waals surface area contributed by atoms with Crippen molar-refractivity contribution in [2.45, 2.75) is 38.1 Å². The van der Waals surface area contributed by atoms with Crippen LogP contribution in [0.25, 0.3) is 0 Å². The second kappa shape index (κ2) is 5.34. The molecule has 0 unspecified atom stereocenters. The Morgan fingerprint density at radius 1 is 1.32 bits per heavy atom. The average molecular weight is 263 g/mol. The van der Waals surface area contributed by atoms with Crippen LogP contribution in [0.1, 0.15) is 43.0 Å². The molecule has 1 heterocycles. The molecule has 1 amide bonds. The van der Waals surface area contributed by atoms with Crippen molar-refractivity contribution in [2.75, 3.05) is 0 Å². The summed E-state index contributed by atoms with van der Waals surface area (Å²) in [6, 6.07) is 0. The largest absolute Gasteiger partial charge is 0.480 e. The Bertz CT molecular complexity index is 467. The van der Waals surface area contributed by atoms with E-state index in [0.29, 0.717) is 18.8 Å². The number of carboxylic acids is 1. The van der Waals surface area contributed by atoms with Crippen LogP contribution < -0.4 is 5.32 Å². The third kappa shape index (κ3) is 2.89. The van der Waals surface area contributed by atoms with Gasteiger partial charge in [-0.25, -0.2) is 14.8 Å². The Kier molecular flexibility index (Phi) is 3.78. The Hall–Kier alpha value is -1.98. The van der Waals surface area contributed by atoms with E-state index in [1.165, 1.54) is 18.7 Å². The van der Waals surface area contributed by atoms with Gasteiger partial charge in [0.05, 0.1) is 5.56 Å². The summed E-state index contributed by atoms with van der Waals surface area (Å²) in [4.78, 5) is 31.1. The Morgan fingerprint density at radius 2 is 1.89 bits per heavy atom. The van der Waals surface area contributed by atoms with E-state index < -0.39 is 17.4 Å². The molecule has 1 saturated carbocycles. The van der Waals surface area contributed by atoms with Gasteiger partial charge in [-0.05, 0) is 31.6 Å². The smallest absolute Gasteiger partial charge is 0.329 e. The molecule has 0 saturated heterocycles. The molecule has 102 valence electrons. The molecule has 2 N–H and O–H groups in total.